The summed E-state index contributed by atoms with van der Waals surface area (Å²) in [6.07, 6.45) is 0. The van der Waals surface area contributed by atoms with Crippen LogP contribution in [0, 0.1) is 0 Å². The Morgan fingerprint density at radius 2 is 2.05 bits per heavy atom. The first kappa shape index (κ1) is 15.8. The molecule has 0 heterocycles. The normalized spacial score (nSPS) is 11.6. The second kappa shape index (κ2) is 6.25. The standard InChI is InChI=1S/C12H16ClNO4S/c1-8(2)19(16,17)7-6-18-12(15)11-9(13)4-3-5-10(11)14/h3-5,8H,6-7,14H2,1-2H3. The molecule has 0 radical (unpaired) electrons. The van der Waals surface area contributed by atoms with Crippen LogP contribution in [0.1, 0.15) is 24.2 Å². The number of hydrogen-bond acceptors (Lipinski definition) is 5. The molecule has 19 heavy (non-hydrogen) atoms. The molecule has 1 aromatic rings. The van der Waals surface area contributed by atoms with Gasteiger partial charge < -0.3 is 10.5 Å². The summed E-state index contributed by atoms with van der Waals surface area (Å²) in [4.78, 5) is 11.8. The summed E-state index contributed by atoms with van der Waals surface area (Å²) in [6.45, 7) is 2.93. The van der Waals surface area contributed by atoms with E-state index >= 15 is 0 Å². The van der Waals surface area contributed by atoms with Crippen molar-refractivity contribution in [2.45, 2.75) is 19.1 Å². The summed E-state index contributed by atoms with van der Waals surface area (Å²) in [6, 6.07) is 4.64. The number of carbonyl (C=O) groups is 1. The van der Waals surface area contributed by atoms with Crippen molar-refractivity contribution in [2.24, 2.45) is 0 Å². The van der Waals surface area contributed by atoms with Crippen LogP contribution in [0.2, 0.25) is 5.02 Å². The van der Waals surface area contributed by atoms with Gasteiger partial charge in [0, 0.05) is 5.69 Å². The van der Waals surface area contributed by atoms with Crippen LogP contribution in [-0.4, -0.2) is 32.0 Å². The Labute approximate surface area is 117 Å². The van der Waals surface area contributed by atoms with E-state index in [1.807, 2.05) is 0 Å². The van der Waals surface area contributed by atoms with Crippen LogP contribution in [0.3, 0.4) is 0 Å². The molecule has 0 atom stereocenters. The van der Waals surface area contributed by atoms with Gasteiger partial charge in [-0.15, -0.1) is 0 Å². The van der Waals surface area contributed by atoms with Crippen LogP contribution >= 0.6 is 11.6 Å². The summed E-state index contributed by atoms with van der Waals surface area (Å²) in [7, 11) is -3.24. The quantitative estimate of drug-likeness (QED) is 0.663. The second-order valence-corrected chi connectivity index (χ2v) is 7.34. The number of anilines is 1. The van der Waals surface area contributed by atoms with Crippen molar-refractivity contribution in [3.05, 3.63) is 28.8 Å². The number of benzene rings is 1. The molecule has 106 valence electrons. The molecule has 0 bridgehead atoms. The van der Waals surface area contributed by atoms with E-state index in [9.17, 15) is 13.2 Å². The molecule has 1 rings (SSSR count). The van der Waals surface area contributed by atoms with Gasteiger partial charge in [0.1, 0.15) is 12.2 Å². The first-order valence-corrected chi connectivity index (χ1v) is 7.77. The van der Waals surface area contributed by atoms with Crippen molar-refractivity contribution in [1.82, 2.24) is 0 Å². The van der Waals surface area contributed by atoms with E-state index in [1.54, 1.807) is 19.9 Å². The van der Waals surface area contributed by atoms with Crippen molar-refractivity contribution >= 4 is 33.1 Å². The molecule has 0 aliphatic carbocycles. The van der Waals surface area contributed by atoms with Gasteiger partial charge >= 0.3 is 5.97 Å². The third kappa shape index (κ3) is 4.11. The lowest BCUT2D eigenvalue weighted by molar-refractivity contribution is 0.0530. The Morgan fingerprint density at radius 3 is 2.58 bits per heavy atom. The summed E-state index contributed by atoms with van der Waals surface area (Å²) in [5, 5.41) is -0.326. The zero-order chi connectivity index (χ0) is 14.6. The Kier molecular flexibility index (Phi) is 5.20. The number of ether oxygens (including phenoxy) is 1. The SMILES string of the molecule is CC(C)S(=O)(=O)CCOC(=O)c1c(N)cccc1Cl. The van der Waals surface area contributed by atoms with Crippen molar-refractivity contribution in [2.75, 3.05) is 18.1 Å². The number of esters is 1. The smallest absolute Gasteiger partial charge is 0.341 e. The molecule has 0 spiro atoms. The van der Waals surface area contributed by atoms with E-state index in [4.69, 9.17) is 22.1 Å². The maximum absolute atomic E-state index is 11.8. The molecule has 0 aromatic heterocycles. The molecule has 0 saturated heterocycles. The summed E-state index contributed by atoms with van der Waals surface area (Å²) >= 11 is 5.84. The molecule has 0 aliphatic heterocycles. The fourth-order valence-electron chi connectivity index (χ4n) is 1.31. The van der Waals surface area contributed by atoms with Gasteiger partial charge in [-0.05, 0) is 26.0 Å². The molecule has 0 unspecified atom stereocenters. The van der Waals surface area contributed by atoms with Crippen LogP contribution in [0.15, 0.2) is 18.2 Å². The maximum atomic E-state index is 11.8. The molecule has 1 aromatic carbocycles. The van der Waals surface area contributed by atoms with Crippen LogP contribution in [-0.2, 0) is 14.6 Å². The van der Waals surface area contributed by atoms with Gasteiger partial charge in [0.05, 0.1) is 16.0 Å². The zero-order valence-corrected chi connectivity index (χ0v) is 12.3. The van der Waals surface area contributed by atoms with E-state index in [1.165, 1.54) is 12.1 Å². The molecule has 0 aliphatic rings. The Balaban J connectivity index is 2.68. The highest BCUT2D eigenvalue weighted by atomic mass is 35.5. The average Bonchev–Trinajstić information content (AvgIpc) is 2.28. The third-order valence-electron chi connectivity index (χ3n) is 2.57. The van der Waals surface area contributed by atoms with Gasteiger partial charge in [0.25, 0.3) is 0 Å². The molecule has 0 amide bonds. The number of nitrogens with two attached hydrogens (primary N) is 1. The lowest BCUT2D eigenvalue weighted by atomic mass is 10.2. The Bertz CT molecular complexity index is 549. The van der Waals surface area contributed by atoms with Crippen LogP contribution in [0.25, 0.3) is 0 Å². The predicted octanol–water partition coefficient (Wildman–Crippen LogP) is 1.90. The topological polar surface area (TPSA) is 86.5 Å². The summed E-state index contributed by atoms with van der Waals surface area (Å²) in [5.41, 5.74) is 5.88. The van der Waals surface area contributed by atoms with Gasteiger partial charge in [0.2, 0.25) is 0 Å². The largest absolute Gasteiger partial charge is 0.461 e. The Morgan fingerprint density at radius 1 is 1.42 bits per heavy atom. The monoisotopic (exact) mass is 305 g/mol. The van der Waals surface area contributed by atoms with Gasteiger partial charge in [-0.25, -0.2) is 13.2 Å². The fraction of sp³-hybridized carbons (Fsp3) is 0.417. The Hall–Kier alpha value is -1.27. The van der Waals surface area contributed by atoms with Gasteiger partial charge in [-0.2, -0.15) is 0 Å². The fourth-order valence-corrected chi connectivity index (χ4v) is 2.36. The van der Waals surface area contributed by atoms with Crippen molar-refractivity contribution in [1.29, 1.82) is 0 Å². The summed E-state index contributed by atoms with van der Waals surface area (Å²) < 4.78 is 28.0. The number of sulfone groups is 1. The minimum atomic E-state index is -3.24. The molecule has 2 N–H and O–H groups in total. The van der Waals surface area contributed by atoms with Crippen LogP contribution < -0.4 is 5.73 Å². The number of hydrogen-bond donors (Lipinski definition) is 1. The van der Waals surface area contributed by atoms with E-state index in [2.05, 4.69) is 0 Å². The minimum Gasteiger partial charge on any atom is -0.461 e. The maximum Gasteiger partial charge on any atom is 0.341 e. The number of rotatable bonds is 5. The van der Waals surface area contributed by atoms with E-state index < -0.39 is 21.1 Å². The average molecular weight is 306 g/mol. The molecule has 7 heteroatoms. The van der Waals surface area contributed by atoms with Crippen molar-refractivity contribution in [3.63, 3.8) is 0 Å². The zero-order valence-electron chi connectivity index (χ0n) is 10.7. The highest BCUT2D eigenvalue weighted by molar-refractivity contribution is 7.91. The molecular formula is C12H16ClNO4S. The van der Waals surface area contributed by atoms with E-state index in [-0.39, 0.29) is 28.6 Å². The molecule has 0 fully saturated rings. The number of halogens is 1. The van der Waals surface area contributed by atoms with Gasteiger partial charge in [-0.3, -0.25) is 0 Å². The third-order valence-corrected chi connectivity index (χ3v) is 5.06. The highest BCUT2D eigenvalue weighted by Crippen LogP contribution is 2.22. The minimum absolute atomic E-state index is 0.0612. The summed E-state index contributed by atoms with van der Waals surface area (Å²) in [5.74, 6) is -0.942. The number of carbonyl (C=O) groups excluding carboxylic acids is 1. The van der Waals surface area contributed by atoms with Crippen LogP contribution in [0.5, 0.6) is 0 Å². The molecule has 0 saturated carbocycles. The van der Waals surface area contributed by atoms with Gasteiger partial charge in [0.15, 0.2) is 9.84 Å². The van der Waals surface area contributed by atoms with Crippen molar-refractivity contribution < 1.29 is 17.9 Å². The number of nitrogen functional groups attached to an aromatic ring is 1. The lowest BCUT2D eigenvalue weighted by Gasteiger charge is -2.10. The second-order valence-electron chi connectivity index (χ2n) is 4.26. The van der Waals surface area contributed by atoms with Gasteiger partial charge in [-0.1, -0.05) is 17.7 Å². The first-order valence-electron chi connectivity index (χ1n) is 5.68. The predicted molar refractivity (Wildman–Crippen MR) is 75.1 cm³/mol. The van der Waals surface area contributed by atoms with Crippen LogP contribution in [0.4, 0.5) is 5.69 Å². The van der Waals surface area contributed by atoms with E-state index in [0.717, 1.165) is 0 Å². The first-order chi connectivity index (χ1) is 8.75. The molecule has 5 nitrogen and oxygen atoms in total. The highest BCUT2D eigenvalue weighted by Gasteiger charge is 2.19. The van der Waals surface area contributed by atoms with E-state index in [0.29, 0.717) is 0 Å². The lowest BCUT2D eigenvalue weighted by Crippen LogP contribution is -2.22. The molecular weight excluding hydrogens is 290 g/mol. The van der Waals surface area contributed by atoms with Crippen molar-refractivity contribution in [3.8, 4) is 0 Å².